The summed E-state index contributed by atoms with van der Waals surface area (Å²) in [4.78, 5) is 12.7. The van der Waals surface area contributed by atoms with Crippen LogP contribution in [-0.4, -0.2) is 37.5 Å². The van der Waals surface area contributed by atoms with E-state index in [-0.39, 0.29) is 5.91 Å². The van der Waals surface area contributed by atoms with Crippen molar-refractivity contribution < 1.29 is 4.79 Å². The van der Waals surface area contributed by atoms with E-state index < -0.39 is 0 Å². The first-order chi connectivity index (χ1) is 5.22. The van der Waals surface area contributed by atoms with E-state index in [1.807, 2.05) is 18.9 Å². The van der Waals surface area contributed by atoms with Crippen molar-refractivity contribution in [1.29, 1.82) is 0 Å². The van der Waals surface area contributed by atoms with Gasteiger partial charge in [0.25, 0.3) is 0 Å². The molecule has 3 nitrogen and oxygen atoms in total. The SMILES string of the molecule is CCN(CCCNC)C(C)=O. The summed E-state index contributed by atoms with van der Waals surface area (Å²) in [6.45, 7) is 6.28. The van der Waals surface area contributed by atoms with Crippen molar-refractivity contribution in [1.82, 2.24) is 10.2 Å². The Morgan fingerprint density at radius 3 is 2.55 bits per heavy atom. The van der Waals surface area contributed by atoms with Gasteiger partial charge in [-0.05, 0) is 26.9 Å². The maximum atomic E-state index is 10.9. The minimum atomic E-state index is 0.170. The fraction of sp³-hybridized carbons (Fsp3) is 0.875. The van der Waals surface area contributed by atoms with Gasteiger partial charge in [0.1, 0.15) is 0 Å². The minimum Gasteiger partial charge on any atom is -0.343 e. The molecule has 0 unspecified atom stereocenters. The summed E-state index contributed by atoms with van der Waals surface area (Å²) in [5.41, 5.74) is 0. The fourth-order valence-electron chi connectivity index (χ4n) is 0.985. The molecule has 0 aromatic heterocycles. The zero-order chi connectivity index (χ0) is 8.69. The van der Waals surface area contributed by atoms with Crippen molar-refractivity contribution >= 4 is 5.91 Å². The molecule has 0 saturated carbocycles. The van der Waals surface area contributed by atoms with Crippen LogP contribution < -0.4 is 5.32 Å². The van der Waals surface area contributed by atoms with Gasteiger partial charge in [-0.3, -0.25) is 4.79 Å². The van der Waals surface area contributed by atoms with Crippen LogP contribution in [0.4, 0.5) is 0 Å². The lowest BCUT2D eigenvalue weighted by Gasteiger charge is -2.18. The minimum absolute atomic E-state index is 0.170. The van der Waals surface area contributed by atoms with Crippen LogP contribution in [0.2, 0.25) is 0 Å². The summed E-state index contributed by atoms with van der Waals surface area (Å²) in [6.07, 6.45) is 1.03. The molecule has 0 aliphatic rings. The van der Waals surface area contributed by atoms with E-state index >= 15 is 0 Å². The van der Waals surface area contributed by atoms with Gasteiger partial charge in [-0.1, -0.05) is 0 Å². The van der Waals surface area contributed by atoms with Crippen molar-refractivity contribution in [3.05, 3.63) is 0 Å². The molecular formula is C8H18N2O. The van der Waals surface area contributed by atoms with E-state index in [2.05, 4.69) is 5.32 Å². The van der Waals surface area contributed by atoms with E-state index in [1.165, 1.54) is 0 Å². The third kappa shape index (κ3) is 4.79. The third-order valence-corrected chi connectivity index (χ3v) is 1.68. The van der Waals surface area contributed by atoms with Gasteiger partial charge in [-0.25, -0.2) is 0 Å². The Morgan fingerprint density at radius 1 is 1.55 bits per heavy atom. The van der Waals surface area contributed by atoms with Crippen LogP contribution in [0.15, 0.2) is 0 Å². The first kappa shape index (κ1) is 10.4. The highest BCUT2D eigenvalue weighted by atomic mass is 16.2. The van der Waals surface area contributed by atoms with E-state index in [1.54, 1.807) is 6.92 Å². The van der Waals surface area contributed by atoms with E-state index in [9.17, 15) is 4.79 Å². The highest BCUT2D eigenvalue weighted by Crippen LogP contribution is 1.90. The van der Waals surface area contributed by atoms with Gasteiger partial charge in [0, 0.05) is 20.0 Å². The highest BCUT2D eigenvalue weighted by Gasteiger charge is 2.03. The fourth-order valence-corrected chi connectivity index (χ4v) is 0.985. The second kappa shape index (κ2) is 6.16. The summed E-state index contributed by atoms with van der Waals surface area (Å²) in [7, 11) is 1.92. The standard InChI is InChI=1S/C8H18N2O/c1-4-10(8(2)11)7-5-6-9-3/h9H,4-7H2,1-3H3. The number of rotatable bonds is 5. The third-order valence-electron chi connectivity index (χ3n) is 1.68. The second-order valence-electron chi connectivity index (χ2n) is 2.56. The van der Waals surface area contributed by atoms with Crippen LogP contribution >= 0.6 is 0 Å². The van der Waals surface area contributed by atoms with Gasteiger partial charge < -0.3 is 10.2 Å². The summed E-state index contributed by atoms with van der Waals surface area (Å²) in [6, 6.07) is 0. The predicted octanol–water partition coefficient (Wildman–Crippen LogP) is 0.464. The van der Waals surface area contributed by atoms with Gasteiger partial charge in [0.2, 0.25) is 5.91 Å². The summed E-state index contributed by atoms with van der Waals surface area (Å²) in [5.74, 6) is 0.170. The molecule has 0 heterocycles. The predicted molar refractivity (Wildman–Crippen MR) is 46.5 cm³/mol. The number of amides is 1. The summed E-state index contributed by atoms with van der Waals surface area (Å²) >= 11 is 0. The Kier molecular flexibility index (Phi) is 5.84. The van der Waals surface area contributed by atoms with Crippen LogP contribution in [0.5, 0.6) is 0 Å². The molecule has 0 radical (unpaired) electrons. The lowest BCUT2D eigenvalue weighted by Crippen LogP contribution is -2.30. The first-order valence-electron chi connectivity index (χ1n) is 4.12. The Labute approximate surface area is 68.8 Å². The number of hydrogen-bond acceptors (Lipinski definition) is 2. The molecule has 1 amide bonds. The molecule has 0 rings (SSSR count). The molecule has 0 spiro atoms. The summed E-state index contributed by atoms with van der Waals surface area (Å²) < 4.78 is 0. The number of hydrogen-bond donors (Lipinski definition) is 1. The Hall–Kier alpha value is -0.570. The molecule has 0 aliphatic carbocycles. The topological polar surface area (TPSA) is 32.3 Å². The van der Waals surface area contributed by atoms with Crippen molar-refractivity contribution in [2.24, 2.45) is 0 Å². The molecule has 3 heteroatoms. The van der Waals surface area contributed by atoms with E-state index in [0.29, 0.717) is 0 Å². The molecule has 1 N–H and O–H groups in total. The maximum Gasteiger partial charge on any atom is 0.219 e. The quantitative estimate of drug-likeness (QED) is 0.590. The molecule has 0 aromatic rings. The lowest BCUT2D eigenvalue weighted by atomic mass is 10.3. The molecular weight excluding hydrogens is 140 g/mol. The van der Waals surface area contributed by atoms with Crippen LogP contribution in [0.1, 0.15) is 20.3 Å². The monoisotopic (exact) mass is 158 g/mol. The molecule has 0 saturated heterocycles. The normalized spacial score (nSPS) is 9.73. The Balaban J connectivity index is 3.44. The molecule has 0 aliphatic heterocycles. The maximum absolute atomic E-state index is 10.9. The van der Waals surface area contributed by atoms with Crippen molar-refractivity contribution in [3.63, 3.8) is 0 Å². The van der Waals surface area contributed by atoms with Crippen LogP contribution in [0.25, 0.3) is 0 Å². The van der Waals surface area contributed by atoms with Crippen LogP contribution in [0, 0.1) is 0 Å². The second-order valence-corrected chi connectivity index (χ2v) is 2.56. The molecule has 0 atom stereocenters. The molecule has 66 valence electrons. The van der Waals surface area contributed by atoms with Crippen LogP contribution in [-0.2, 0) is 4.79 Å². The molecule has 11 heavy (non-hydrogen) atoms. The van der Waals surface area contributed by atoms with Crippen molar-refractivity contribution in [2.75, 3.05) is 26.7 Å². The van der Waals surface area contributed by atoms with Gasteiger partial charge in [-0.2, -0.15) is 0 Å². The highest BCUT2D eigenvalue weighted by molar-refractivity contribution is 5.73. The largest absolute Gasteiger partial charge is 0.343 e. The zero-order valence-electron chi connectivity index (χ0n) is 7.68. The molecule has 0 aromatic carbocycles. The smallest absolute Gasteiger partial charge is 0.219 e. The van der Waals surface area contributed by atoms with Crippen molar-refractivity contribution in [2.45, 2.75) is 20.3 Å². The average molecular weight is 158 g/mol. The van der Waals surface area contributed by atoms with Crippen LogP contribution in [0.3, 0.4) is 0 Å². The lowest BCUT2D eigenvalue weighted by molar-refractivity contribution is -0.128. The Bertz CT molecular complexity index is 115. The van der Waals surface area contributed by atoms with E-state index in [0.717, 1.165) is 26.1 Å². The van der Waals surface area contributed by atoms with E-state index in [4.69, 9.17) is 0 Å². The Morgan fingerprint density at radius 2 is 2.18 bits per heavy atom. The number of carbonyl (C=O) groups excluding carboxylic acids is 1. The van der Waals surface area contributed by atoms with Gasteiger partial charge in [-0.15, -0.1) is 0 Å². The van der Waals surface area contributed by atoms with Gasteiger partial charge >= 0.3 is 0 Å². The first-order valence-corrected chi connectivity index (χ1v) is 4.12. The number of carbonyl (C=O) groups is 1. The zero-order valence-corrected chi connectivity index (χ0v) is 7.68. The average Bonchev–Trinajstić information content (AvgIpc) is 1.97. The van der Waals surface area contributed by atoms with Gasteiger partial charge in [0.15, 0.2) is 0 Å². The molecule has 0 bridgehead atoms. The number of nitrogens with zero attached hydrogens (tertiary/aromatic N) is 1. The van der Waals surface area contributed by atoms with Crippen molar-refractivity contribution in [3.8, 4) is 0 Å². The van der Waals surface area contributed by atoms with Gasteiger partial charge in [0.05, 0.1) is 0 Å². The summed E-state index contributed by atoms with van der Waals surface area (Å²) in [5, 5.41) is 3.05. The number of nitrogens with one attached hydrogen (secondary N) is 1. The molecule has 0 fully saturated rings.